The molecular weight excluding hydrogens is 452 g/mol. The van der Waals surface area contributed by atoms with Gasteiger partial charge in [0.1, 0.15) is 0 Å². The summed E-state index contributed by atoms with van der Waals surface area (Å²) < 4.78 is 21.3. The molecule has 1 aromatic carbocycles. The van der Waals surface area contributed by atoms with Crippen LogP contribution < -0.4 is 9.47 Å². The number of carbonyl (C=O) groups is 2. The van der Waals surface area contributed by atoms with E-state index in [4.69, 9.17) is 18.7 Å². The van der Waals surface area contributed by atoms with Gasteiger partial charge in [-0.15, -0.1) is 0 Å². The van der Waals surface area contributed by atoms with Gasteiger partial charge >= 0.3 is 5.97 Å². The van der Waals surface area contributed by atoms with Gasteiger partial charge in [0.25, 0.3) is 0 Å². The number of hydrogen-bond acceptors (Lipinski definition) is 9. The van der Waals surface area contributed by atoms with Gasteiger partial charge in [-0.3, -0.25) is 14.5 Å². The molecule has 0 radical (unpaired) electrons. The molecule has 2 aliphatic heterocycles. The Labute approximate surface area is 205 Å². The minimum Gasteiger partial charge on any atom is -0.493 e. The van der Waals surface area contributed by atoms with E-state index in [9.17, 15) is 9.59 Å². The smallest absolute Gasteiger partial charge is 0.309 e. The van der Waals surface area contributed by atoms with Crippen molar-refractivity contribution in [2.24, 2.45) is 11.8 Å². The first-order chi connectivity index (χ1) is 17.0. The lowest BCUT2D eigenvalue weighted by atomic mass is 9.93. The molecule has 2 aliphatic rings. The van der Waals surface area contributed by atoms with Crippen LogP contribution in [0.2, 0.25) is 0 Å². The molecule has 0 bridgehead atoms. The van der Waals surface area contributed by atoms with E-state index < -0.39 is 0 Å². The standard InChI is InChI=1S/C25H34N4O6/c1-4-34-25(31)17-9-12-29(13-10-17)24(30)19-6-5-11-28(15-19)16-22-26-23(27-35-22)18-7-8-20(32-2)21(14-18)33-3/h7-8,14,17,19H,4-6,9-13,15-16H2,1-3H3. The summed E-state index contributed by atoms with van der Waals surface area (Å²) in [5.74, 6) is 2.10. The molecule has 2 saturated heterocycles. The zero-order valence-corrected chi connectivity index (χ0v) is 20.7. The van der Waals surface area contributed by atoms with E-state index in [-0.39, 0.29) is 23.7 Å². The fourth-order valence-electron chi connectivity index (χ4n) is 4.86. The minimum atomic E-state index is -0.143. The zero-order chi connectivity index (χ0) is 24.8. The van der Waals surface area contributed by atoms with Crippen LogP contribution in [0.1, 0.15) is 38.5 Å². The van der Waals surface area contributed by atoms with Crippen molar-refractivity contribution in [1.82, 2.24) is 19.9 Å². The molecule has 10 nitrogen and oxygen atoms in total. The molecule has 190 valence electrons. The third-order valence-electron chi connectivity index (χ3n) is 6.75. The number of hydrogen-bond donors (Lipinski definition) is 0. The molecule has 2 aromatic rings. The van der Waals surface area contributed by atoms with E-state index in [0.717, 1.165) is 24.9 Å². The van der Waals surface area contributed by atoms with Crippen molar-refractivity contribution in [3.05, 3.63) is 24.1 Å². The third kappa shape index (κ3) is 5.93. The largest absolute Gasteiger partial charge is 0.493 e. The highest BCUT2D eigenvalue weighted by Gasteiger charge is 2.33. The number of benzene rings is 1. The average Bonchev–Trinajstić information content (AvgIpc) is 3.36. The van der Waals surface area contributed by atoms with E-state index in [1.54, 1.807) is 20.3 Å². The fraction of sp³-hybridized carbons (Fsp3) is 0.600. The molecule has 1 atom stereocenters. The molecule has 0 N–H and O–H groups in total. The summed E-state index contributed by atoms with van der Waals surface area (Å²) >= 11 is 0. The summed E-state index contributed by atoms with van der Waals surface area (Å²) in [5.41, 5.74) is 0.774. The van der Waals surface area contributed by atoms with Crippen molar-refractivity contribution < 1.29 is 28.3 Å². The van der Waals surface area contributed by atoms with Gasteiger partial charge in [0, 0.05) is 25.2 Å². The van der Waals surface area contributed by atoms with Gasteiger partial charge in [0.2, 0.25) is 17.6 Å². The SMILES string of the molecule is CCOC(=O)C1CCN(C(=O)C2CCCN(Cc3nc(-c4ccc(OC)c(OC)c4)no3)C2)CC1. The number of piperidine rings is 2. The number of nitrogens with zero attached hydrogens (tertiary/aromatic N) is 4. The second-order valence-electron chi connectivity index (χ2n) is 9.01. The summed E-state index contributed by atoms with van der Waals surface area (Å²) in [6.45, 7) is 5.46. The quantitative estimate of drug-likeness (QED) is 0.521. The molecule has 1 amide bonds. The Morgan fingerprint density at radius 3 is 2.54 bits per heavy atom. The highest BCUT2D eigenvalue weighted by Crippen LogP contribution is 2.31. The molecule has 0 aliphatic carbocycles. The van der Waals surface area contributed by atoms with E-state index >= 15 is 0 Å². The van der Waals surface area contributed by atoms with Gasteiger partial charge < -0.3 is 23.6 Å². The van der Waals surface area contributed by atoms with Crippen LogP contribution in [-0.4, -0.2) is 78.8 Å². The maximum Gasteiger partial charge on any atom is 0.309 e. The van der Waals surface area contributed by atoms with Crippen LogP contribution in [0.5, 0.6) is 11.5 Å². The Bertz CT molecular complexity index is 1020. The van der Waals surface area contributed by atoms with Crippen LogP contribution in [0, 0.1) is 11.8 Å². The van der Waals surface area contributed by atoms with Crippen LogP contribution in [-0.2, 0) is 20.9 Å². The molecule has 35 heavy (non-hydrogen) atoms. The number of methoxy groups -OCH3 is 2. The summed E-state index contributed by atoms with van der Waals surface area (Å²) in [6.07, 6.45) is 3.14. The number of rotatable bonds is 8. The first-order valence-corrected chi connectivity index (χ1v) is 12.2. The minimum absolute atomic E-state index is 0.0591. The first kappa shape index (κ1) is 25.0. The van der Waals surface area contributed by atoms with Crippen LogP contribution in [0.3, 0.4) is 0 Å². The summed E-state index contributed by atoms with van der Waals surface area (Å²) in [7, 11) is 3.17. The lowest BCUT2D eigenvalue weighted by Gasteiger charge is -2.37. The van der Waals surface area contributed by atoms with Crippen molar-refractivity contribution in [2.45, 2.75) is 39.2 Å². The highest BCUT2D eigenvalue weighted by atomic mass is 16.5. The topological polar surface area (TPSA) is 107 Å². The molecule has 10 heteroatoms. The van der Waals surface area contributed by atoms with Crippen molar-refractivity contribution in [2.75, 3.05) is 47.0 Å². The number of ether oxygens (including phenoxy) is 3. The van der Waals surface area contributed by atoms with Gasteiger partial charge in [-0.2, -0.15) is 4.98 Å². The normalized spacial score (nSPS) is 19.4. The van der Waals surface area contributed by atoms with Crippen molar-refractivity contribution in [3.63, 3.8) is 0 Å². The maximum atomic E-state index is 13.2. The summed E-state index contributed by atoms with van der Waals surface area (Å²) in [5, 5.41) is 4.12. The van der Waals surface area contributed by atoms with Gasteiger partial charge in [-0.1, -0.05) is 5.16 Å². The van der Waals surface area contributed by atoms with Crippen LogP contribution >= 0.6 is 0 Å². The third-order valence-corrected chi connectivity index (χ3v) is 6.75. The summed E-state index contributed by atoms with van der Waals surface area (Å²) in [4.78, 5) is 33.8. The Hall–Kier alpha value is -3.14. The summed E-state index contributed by atoms with van der Waals surface area (Å²) in [6, 6.07) is 5.48. The number of carbonyl (C=O) groups excluding carboxylic acids is 2. The monoisotopic (exact) mass is 486 g/mol. The number of amides is 1. The Kier molecular flexibility index (Phi) is 8.22. The molecule has 4 rings (SSSR count). The second-order valence-corrected chi connectivity index (χ2v) is 9.01. The second kappa shape index (κ2) is 11.5. The fourth-order valence-corrected chi connectivity index (χ4v) is 4.86. The average molecular weight is 487 g/mol. The van der Waals surface area contributed by atoms with Crippen molar-refractivity contribution >= 4 is 11.9 Å². The van der Waals surface area contributed by atoms with Gasteiger partial charge in [-0.05, 0) is 57.4 Å². The molecule has 0 saturated carbocycles. The molecule has 1 aromatic heterocycles. The predicted molar refractivity (Wildman–Crippen MR) is 127 cm³/mol. The number of likely N-dealkylation sites (tertiary alicyclic amines) is 2. The van der Waals surface area contributed by atoms with Gasteiger partial charge in [0.15, 0.2) is 11.5 Å². The van der Waals surface area contributed by atoms with E-state index in [2.05, 4.69) is 15.0 Å². The molecule has 1 unspecified atom stereocenters. The lowest BCUT2D eigenvalue weighted by molar-refractivity contribution is -0.152. The first-order valence-electron chi connectivity index (χ1n) is 12.2. The van der Waals surface area contributed by atoms with Gasteiger partial charge in [-0.25, -0.2) is 0 Å². The van der Waals surface area contributed by atoms with Crippen molar-refractivity contribution in [1.29, 1.82) is 0 Å². The van der Waals surface area contributed by atoms with E-state index in [1.807, 2.05) is 24.0 Å². The molecule has 0 spiro atoms. The Morgan fingerprint density at radius 2 is 1.83 bits per heavy atom. The Balaban J connectivity index is 1.32. The van der Waals surface area contributed by atoms with E-state index in [1.165, 1.54) is 0 Å². The van der Waals surface area contributed by atoms with Crippen LogP contribution in [0.15, 0.2) is 22.7 Å². The predicted octanol–water partition coefficient (Wildman–Crippen LogP) is 2.77. The van der Waals surface area contributed by atoms with Crippen molar-refractivity contribution in [3.8, 4) is 22.9 Å². The number of aromatic nitrogens is 2. The van der Waals surface area contributed by atoms with Crippen LogP contribution in [0.25, 0.3) is 11.4 Å². The molecule has 3 heterocycles. The van der Waals surface area contributed by atoms with E-state index in [0.29, 0.717) is 68.8 Å². The zero-order valence-electron chi connectivity index (χ0n) is 20.7. The van der Waals surface area contributed by atoms with Gasteiger partial charge in [0.05, 0.1) is 39.2 Å². The lowest BCUT2D eigenvalue weighted by Crippen LogP contribution is -2.47. The molecular formula is C25H34N4O6. The maximum absolute atomic E-state index is 13.2. The highest BCUT2D eigenvalue weighted by molar-refractivity contribution is 5.80. The molecule has 2 fully saturated rings. The Morgan fingerprint density at radius 1 is 1.06 bits per heavy atom. The number of esters is 1. The van der Waals surface area contributed by atoms with Crippen LogP contribution in [0.4, 0.5) is 0 Å².